The van der Waals surface area contributed by atoms with Gasteiger partial charge >= 0.3 is 6.01 Å². The van der Waals surface area contributed by atoms with E-state index in [0.717, 1.165) is 5.56 Å². The Labute approximate surface area is 130 Å². The van der Waals surface area contributed by atoms with Gasteiger partial charge in [0.25, 0.3) is 5.91 Å². The summed E-state index contributed by atoms with van der Waals surface area (Å²) in [6, 6.07) is 6.96. The average molecular weight is 318 g/mol. The van der Waals surface area contributed by atoms with E-state index in [9.17, 15) is 4.79 Å². The zero-order valence-corrected chi connectivity index (χ0v) is 12.6. The number of nitrogens with one attached hydrogen (secondary N) is 1. The molecule has 2 heterocycles. The monoisotopic (exact) mass is 317 g/mol. The minimum Gasteiger partial charge on any atom is -0.403 e. The molecule has 22 heavy (non-hydrogen) atoms. The van der Waals surface area contributed by atoms with E-state index in [-0.39, 0.29) is 6.01 Å². The second-order valence-corrected chi connectivity index (χ2v) is 5.14. The number of hydrogen-bond acceptors (Lipinski definition) is 5. The van der Waals surface area contributed by atoms with Crippen molar-refractivity contribution in [1.29, 1.82) is 0 Å². The fourth-order valence-corrected chi connectivity index (χ4v) is 2.10. The predicted molar refractivity (Wildman–Crippen MR) is 80.6 cm³/mol. The van der Waals surface area contributed by atoms with Gasteiger partial charge in [-0.15, -0.1) is 5.10 Å². The average Bonchev–Trinajstić information content (AvgIpc) is 3.06. The van der Waals surface area contributed by atoms with Crippen molar-refractivity contribution in [1.82, 2.24) is 20.0 Å². The number of aromatic nitrogens is 4. The molecule has 0 aliphatic heterocycles. The Balaban J connectivity index is 1.78. The lowest BCUT2D eigenvalue weighted by atomic mass is 10.2. The van der Waals surface area contributed by atoms with Gasteiger partial charge in [-0.25, -0.2) is 0 Å². The Kier molecular flexibility index (Phi) is 3.64. The summed E-state index contributed by atoms with van der Waals surface area (Å²) >= 11 is 5.83. The molecule has 0 saturated carbocycles. The molecule has 0 spiro atoms. The van der Waals surface area contributed by atoms with Gasteiger partial charge in [-0.1, -0.05) is 16.7 Å². The van der Waals surface area contributed by atoms with Gasteiger partial charge in [0.1, 0.15) is 0 Å². The number of amides is 1. The smallest absolute Gasteiger partial charge is 0.322 e. The molecule has 0 fully saturated rings. The van der Waals surface area contributed by atoms with Gasteiger partial charge in [0.15, 0.2) is 5.69 Å². The molecule has 7 nitrogen and oxygen atoms in total. The Morgan fingerprint density at radius 3 is 2.64 bits per heavy atom. The van der Waals surface area contributed by atoms with E-state index in [1.807, 2.05) is 0 Å². The van der Waals surface area contributed by atoms with Gasteiger partial charge < -0.3 is 4.42 Å². The van der Waals surface area contributed by atoms with Crippen LogP contribution in [0.2, 0.25) is 5.02 Å². The molecular weight excluding hydrogens is 306 g/mol. The molecule has 0 aliphatic carbocycles. The quantitative estimate of drug-likeness (QED) is 0.802. The number of nitrogens with zero attached hydrogens (tertiary/aromatic N) is 4. The van der Waals surface area contributed by atoms with E-state index in [4.69, 9.17) is 16.0 Å². The highest BCUT2D eigenvalue weighted by atomic mass is 35.5. The Bertz CT molecular complexity index is 822. The molecule has 0 atom stereocenters. The number of benzene rings is 1. The van der Waals surface area contributed by atoms with E-state index in [2.05, 4.69) is 20.6 Å². The van der Waals surface area contributed by atoms with Gasteiger partial charge in [0, 0.05) is 29.4 Å². The molecule has 0 saturated heterocycles. The Hall–Kier alpha value is -2.67. The molecule has 1 aromatic carbocycles. The highest BCUT2D eigenvalue weighted by molar-refractivity contribution is 6.30. The number of carbonyl (C=O) groups excluding carboxylic acids is 1. The summed E-state index contributed by atoms with van der Waals surface area (Å²) in [4.78, 5) is 12.1. The number of anilines is 1. The molecular formula is C14H12ClN5O2. The first kappa shape index (κ1) is 14.3. The van der Waals surface area contributed by atoms with Gasteiger partial charge in [0.2, 0.25) is 5.89 Å². The van der Waals surface area contributed by atoms with Crippen LogP contribution in [0.3, 0.4) is 0 Å². The molecule has 3 aromatic rings. The first-order valence-electron chi connectivity index (χ1n) is 6.44. The summed E-state index contributed by atoms with van der Waals surface area (Å²) in [6.07, 6.45) is 1.75. The summed E-state index contributed by atoms with van der Waals surface area (Å²) in [5.74, 6) is -0.103. The maximum atomic E-state index is 12.1. The van der Waals surface area contributed by atoms with Crippen molar-refractivity contribution in [3.8, 4) is 11.5 Å². The molecule has 8 heteroatoms. The minimum absolute atomic E-state index is 0.0139. The van der Waals surface area contributed by atoms with E-state index in [0.29, 0.717) is 22.2 Å². The van der Waals surface area contributed by atoms with E-state index in [1.165, 1.54) is 0 Å². The summed E-state index contributed by atoms with van der Waals surface area (Å²) in [5.41, 5.74) is 1.79. The maximum Gasteiger partial charge on any atom is 0.322 e. The van der Waals surface area contributed by atoms with Gasteiger partial charge in [-0.3, -0.25) is 14.8 Å². The molecule has 1 amide bonds. The summed E-state index contributed by atoms with van der Waals surface area (Å²) < 4.78 is 6.98. The van der Waals surface area contributed by atoms with Crippen LogP contribution in [0.15, 0.2) is 34.9 Å². The van der Waals surface area contributed by atoms with Crippen LogP contribution in [0.5, 0.6) is 0 Å². The molecule has 1 N–H and O–H groups in total. The second kappa shape index (κ2) is 5.61. The lowest BCUT2D eigenvalue weighted by Crippen LogP contribution is -2.14. The zero-order chi connectivity index (χ0) is 15.7. The van der Waals surface area contributed by atoms with Crippen molar-refractivity contribution in [3.63, 3.8) is 0 Å². The highest BCUT2D eigenvalue weighted by Gasteiger charge is 2.17. The SMILES string of the molecule is Cc1cn(C)nc1C(=O)Nc1nnc(-c2ccc(Cl)cc2)o1. The Morgan fingerprint density at radius 1 is 1.27 bits per heavy atom. The van der Waals surface area contributed by atoms with Crippen LogP contribution in [0.4, 0.5) is 6.01 Å². The lowest BCUT2D eigenvalue weighted by Gasteiger charge is -1.98. The third-order valence-electron chi connectivity index (χ3n) is 2.96. The first-order chi connectivity index (χ1) is 10.5. The van der Waals surface area contributed by atoms with Crippen molar-refractivity contribution >= 4 is 23.5 Å². The van der Waals surface area contributed by atoms with Crippen LogP contribution in [0, 0.1) is 6.92 Å². The van der Waals surface area contributed by atoms with E-state index < -0.39 is 5.91 Å². The summed E-state index contributed by atoms with van der Waals surface area (Å²) in [7, 11) is 1.75. The fraction of sp³-hybridized carbons (Fsp3) is 0.143. The fourth-order valence-electron chi connectivity index (χ4n) is 1.97. The molecule has 0 aliphatic rings. The van der Waals surface area contributed by atoms with Gasteiger partial charge in [-0.05, 0) is 31.2 Å². The summed E-state index contributed by atoms with van der Waals surface area (Å²) in [5, 5.41) is 14.9. The first-order valence-corrected chi connectivity index (χ1v) is 6.82. The number of halogens is 1. The lowest BCUT2D eigenvalue weighted by molar-refractivity contribution is 0.101. The van der Waals surface area contributed by atoms with Crippen molar-refractivity contribution < 1.29 is 9.21 Å². The number of rotatable bonds is 3. The molecule has 112 valence electrons. The molecule has 2 aromatic heterocycles. The molecule has 0 radical (unpaired) electrons. The van der Waals surface area contributed by atoms with Gasteiger partial charge in [-0.2, -0.15) is 5.10 Å². The van der Waals surface area contributed by atoms with Crippen molar-refractivity contribution in [2.24, 2.45) is 7.05 Å². The second-order valence-electron chi connectivity index (χ2n) is 4.71. The standard InChI is InChI=1S/C14H12ClN5O2/c1-8-7-20(2)19-11(8)12(21)16-14-18-17-13(22-14)9-3-5-10(15)6-4-9/h3-7H,1-2H3,(H,16,18,21). The van der Waals surface area contributed by atoms with Crippen LogP contribution in [0.1, 0.15) is 16.1 Å². The third-order valence-corrected chi connectivity index (χ3v) is 3.22. The van der Waals surface area contributed by atoms with E-state index >= 15 is 0 Å². The molecule has 0 unspecified atom stereocenters. The van der Waals surface area contributed by atoms with Crippen molar-refractivity contribution in [3.05, 3.63) is 46.7 Å². The van der Waals surface area contributed by atoms with Crippen LogP contribution >= 0.6 is 11.6 Å². The number of hydrogen-bond donors (Lipinski definition) is 1. The number of carbonyl (C=O) groups is 1. The van der Waals surface area contributed by atoms with Crippen molar-refractivity contribution in [2.45, 2.75) is 6.92 Å². The topological polar surface area (TPSA) is 85.8 Å². The minimum atomic E-state index is -0.399. The third kappa shape index (κ3) is 2.84. The number of aryl methyl sites for hydroxylation is 2. The van der Waals surface area contributed by atoms with E-state index in [1.54, 1.807) is 49.1 Å². The molecule has 3 rings (SSSR count). The largest absolute Gasteiger partial charge is 0.403 e. The van der Waals surface area contributed by atoms with Crippen molar-refractivity contribution in [2.75, 3.05) is 5.32 Å². The van der Waals surface area contributed by atoms with Crippen LogP contribution in [0.25, 0.3) is 11.5 Å². The summed E-state index contributed by atoms with van der Waals surface area (Å²) in [6.45, 7) is 1.80. The Morgan fingerprint density at radius 2 is 2.00 bits per heavy atom. The zero-order valence-electron chi connectivity index (χ0n) is 11.9. The van der Waals surface area contributed by atoms with Crippen LogP contribution in [-0.2, 0) is 7.05 Å². The maximum absolute atomic E-state index is 12.1. The highest BCUT2D eigenvalue weighted by Crippen LogP contribution is 2.22. The molecule has 0 bridgehead atoms. The van der Waals surface area contributed by atoms with Crippen LogP contribution in [-0.4, -0.2) is 25.9 Å². The normalized spacial score (nSPS) is 10.7. The van der Waals surface area contributed by atoms with Gasteiger partial charge in [0.05, 0.1) is 0 Å². The predicted octanol–water partition coefficient (Wildman–Crippen LogP) is 2.68. The van der Waals surface area contributed by atoms with Crippen LogP contribution < -0.4 is 5.32 Å².